The molecule has 1 aromatic heterocycles. The van der Waals surface area contributed by atoms with Crippen molar-refractivity contribution >= 4 is 28.8 Å². The van der Waals surface area contributed by atoms with Crippen molar-refractivity contribution in [3.63, 3.8) is 0 Å². The van der Waals surface area contributed by atoms with Crippen LogP contribution < -0.4 is 9.64 Å². The van der Waals surface area contributed by atoms with Crippen LogP contribution in [-0.2, 0) is 20.7 Å². The third-order valence-corrected chi connectivity index (χ3v) is 13.6. The molecule has 5 heterocycles. The fraction of sp³-hybridized carbons (Fsp3) is 0.644. The summed E-state index contributed by atoms with van der Waals surface area (Å²) in [5, 5.41) is 11.2. The Morgan fingerprint density at radius 3 is 2.50 bits per heavy atom. The highest BCUT2D eigenvalue weighted by Crippen LogP contribution is 2.46. The zero-order valence-electron chi connectivity index (χ0n) is 34.2. The number of ether oxygens (including phenoxy) is 3. The van der Waals surface area contributed by atoms with E-state index < -0.39 is 30.4 Å². The number of carbonyl (C=O) groups excluding carboxylic acids is 2. The molecule has 2 aromatic carbocycles. The fourth-order valence-electron chi connectivity index (χ4n) is 10.7. The van der Waals surface area contributed by atoms with Crippen LogP contribution in [0, 0.1) is 5.82 Å². The second-order valence-corrected chi connectivity index (χ2v) is 17.3. The summed E-state index contributed by atoms with van der Waals surface area (Å²) >= 11 is 0. The number of unbranched alkanes of at least 4 members (excludes halogenated alkanes) is 6. The average Bonchev–Trinajstić information content (AvgIpc) is 3.95. The molecule has 0 spiro atoms. The van der Waals surface area contributed by atoms with E-state index in [0.717, 1.165) is 81.9 Å². The predicted octanol–water partition coefficient (Wildman–Crippen LogP) is 8.97. The molecule has 3 aromatic rings. The average molecular weight is 804 g/mol. The summed E-state index contributed by atoms with van der Waals surface area (Å²) in [7, 11) is 0. The van der Waals surface area contributed by atoms with Crippen molar-refractivity contribution in [1.29, 1.82) is 0 Å². The number of phenols is 1. The maximum atomic E-state index is 17.2. The summed E-state index contributed by atoms with van der Waals surface area (Å²) in [5.41, 5.74) is 2.84. The van der Waals surface area contributed by atoms with E-state index in [0.29, 0.717) is 54.8 Å². The summed E-state index contributed by atoms with van der Waals surface area (Å²) in [6.45, 7) is 6.16. The summed E-state index contributed by atoms with van der Waals surface area (Å²) in [6.07, 6.45) is 12.9. The first-order valence-electron chi connectivity index (χ1n) is 21.9. The van der Waals surface area contributed by atoms with Crippen LogP contribution in [0.1, 0.15) is 127 Å². The SMILES string of the molecule is CCCCCCCCCC(=O)OCOC(=O)N1[C@@H]2CC[C@H]1CN(c1nc(OC[C@@]34CCCN3C[C@H](F)C4)nc3c(F)c(-c4cc(O)cc5c4C(CC)CC5)ccc13)C2. The molecule has 5 aliphatic rings. The van der Waals surface area contributed by atoms with Gasteiger partial charge in [-0.15, -0.1) is 0 Å². The molecule has 11 nitrogen and oxygen atoms in total. The number of aryl methyl sites for hydroxylation is 1. The first-order valence-corrected chi connectivity index (χ1v) is 21.9. The van der Waals surface area contributed by atoms with E-state index >= 15 is 4.39 Å². The number of hydrogen-bond donors (Lipinski definition) is 1. The Bertz CT molecular complexity index is 1970. The zero-order valence-corrected chi connectivity index (χ0v) is 34.2. The number of piperazine rings is 1. The molecule has 2 bridgehead atoms. The van der Waals surface area contributed by atoms with Crippen LogP contribution in [0.5, 0.6) is 11.8 Å². The molecule has 314 valence electrons. The van der Waals surface area contributed by atoms with Crippen LogP contribution in [0.25, 0.3) is 22.0 Å². The molecule has 58 heavy (non-hydrogen) atoms. The molecule has 5 atom stereocenters. The Kier molecular flexibility index (Phi) is 12.2. The number of halogens is 2. The van der Waals surface area contributed by atoms with E-state index in [1.807, 2.05) is 6.07 Å². The lowest BCUT2D eigenvalue weighted by atomic mass is 9.89. The number of benzene rings is 2. The number of aromatic nitrogens is 2. The summed E-state index contributed by atoms with van der Waals surface area (Å²) in [5.74, 6) is -0.000665. The third kappa shape index (κ3) is 8.16. The van der Waals surface area contributed by atoms with Gasteiger partial charge in [0.2, 0.25) is 6.79 Å². The Labute approximate surface area is 340 Å². The van der Waals surface area contributed by atoms with E-state index in [4.69, 9.17) is 24.2 Å². The van der Waals surface area contributed by atoms with Gasteiger partial charge in [0.15, 0.2) is 5.82 Å². The number of hydrogen-bond acceptors (Lipinski definition) is 10. The first-order chi connectivity index (χ1) is 28.2. The second-order valence-electron chi connectivity index (χ2n) is 17.3. The van der Waals surface area contributed by atoms with Crippen LogP contribution >= 0.6 is 0 Å². The molecule has 4 fully saturated rings. The van der Waals surface area contributed by atoms with E-state index in [1.54, 1.807) is 23.1 Å². The van der Waals surface area contributed by atoms with E-state index in [-0.39, 0.29) is 47.9 Å². The van der Waals surface area contributed by atoms with E-state index in [1.165, 1.54) is 25.7 Å². The zero-order chi connectivity index (χ0) is 40.4. The van der Waals surface area contributed by atoms with Gasteiger partial charge in [-0.25, -0.2) is 13.6 Å². The van der Waals surface area contributed by atoms with Gasteiger partial charge in [0, 0.05) is 43.4 Å². The fourth-order valence-corrected chi connectivity index (χ4v) is 10.7. The molecule has 1 N–H and O–H groups in total. The number of carbonyl (C=O) groups is 2. The lowest BCUT2D eigenvalue weighted by molar-refractivity contribution is -0.152. The molecule has 1 aliphatic carbocycles. The second kappa shape index (κ2) is 17.5. The summed E-state index contributed by atoms with van der Waals surface area (Å²) < 4.78 is 48.9. The molecule has 4 aliphatic heterocycles. The van der Waals surface area contributed by atoms with Crippen molar-refractivity contribution < 1.29 is 37.7 Å². The van der Waals surface area contributed by atoms with Crippen molar-refractivity contribution in [3.8, 4) is 22.9 Å². The van der Waals surface area contributed by atoms with Gasteiger partial charge in [-0.2, -0.15) is 9.97 Å². The highest BCUT2D eigenvalue weighted by atomic mass is 19.1. The molecule has 0 saturated carbocycles. The lowest BCUT2D eigenvalue weighted by Gasteiger charge is -2.41. The molecule has 13 heteroatoms. The van der Waals surface area contributed by atoms with Crippen LogP contribution in [0.15, 0.2) is 24.3 Å². The van der Waals surface area contributed by atoms with Gasteiger partial charge in [0.1, 0.15) is 29.9 Å². The predicted molar refractivity (Wildman–Crippen MR) is 217 cm³/mol. The van der Waals surface area contributed by atoms with Gasteiger partial charge in [-0.3, -0.25) is 14.6 Å². The maximum absolute atomic E-state index is 17.2. The Balaban J connectivity index is 1.01. The largest absolute Gasteiger partial charge is 0.508 e. The number of amides is 1. The van der Waals surface area contributed by atoms with Crippen molar-refractivity contribution in [2.75, 3.05) is 44.5 Å². The van der Waals surface area contributed by atoms with Crippen LogP contribution in [0.3, 0.4) is 0 Å². The number of aromatic hydroxyl groups is 1. The number of phenolic OH excluding ortho intramolecular Hbond substituents is 1. The Hall–Kier alpha value is -4.26. The van der Waals surface area contributed by atoms with Crippen LogP contribution in [0.4, 0.5) is 19.4 Å². The summed E-state index contributed by atoms with van der Waals surface area (Å²) in [6, 6.07) is 6.71. The molecular formula is C45H59F2N5O6. The van der Waals surface area contributed by atoms with Crippen molar-refractivity contribution in [2.24, 2.45) is 0 Å². The Morgan fingerprint density at radius 2 is 1.72 bits per heavy atom. The smallest absolute Gasteiger partial charge is 0.413 e. The third-order valence-electron chi connectivity index (χ3n) is 13.6. The monoisotopic (exact) mass is 803 g/mol. The topological polar surface area (TPSA) is 118 Å². The van der Waals surface area contributed by atoms with Crippen molar-refractivity contribution in [2.45, 2.75) is 146 Å². The highest BCUT2D eigenvalue weighted by Gasteiger charge is 2.50. The number of alkyl halides is 1. The van der Waals surface area contributed by atoms with E-state index in [2.05, 4.69) is 23.6 Å². The van der Waals surface area contributed by atoms with Gasteiger partial charge in [0.25, 0.3) is 0 Å². The van der Waals surface area contributed by atoms with Gasteiger partial charge >= 0.3 is 18.1 Å². The minimum atomic E-state index is -0.923. The normalized spacial score (nSPS) is 25.0. The van der Waals surface area contributed by atoms with Gasteiger partial charge in [-0.1, -0.05) is 58.4 Å². The van der Waals surface area contributed by atoms with Gasteiger partial charge in [-0.05, 0) is 98.7 Å². The molecule has 1 unspecified atom stereocenters. The number of rotatable bonds is 16. The van der Waals surface area contributed by atoms with Gasteiger partial charge in [0.05, 0.1) is 17.6 Å². The number of esters is 1. The van der Waals surface area contributed by atoms with Crippen LogP contribution in [-0.4, -0.2) is 100 Å². The minimum Gasteiger partial charge on any atom is -0.508 e. The molecular weight excluding hydrogens is 745 g/mol. The quantitative estimate of drug-likeness (QED) is 0.0855. The van der Waals surface area contributed by atoms with Crippen molar-refractivity contribution in [3.05, 3.63) is 41.2 Å². The van der Waals surface area contributed by atoms with Gasteiger partial charge < -0.3 is 24.2 Å². The number of nitrogens with zero attached hydrogens (tertiary/aromatic N) is 5. The molecule has 8 rings (SSSR count). The number of fused-ring (bicyclic) bond motifs is 5. The lowest BCUT2D eigenvalue weighted by Crippen LogP contribution is -2.56. The first kappa shape index (κ1) is 40.5. The molecule has 4 saturated heterocycles. The van der Waals surface area contributed by atoms with Crippen molar-refractivity contribution in [1.82, 2.24) is 19.8 Å². The Morgan fingerprint density at radius 1 is 0.948 bits per heavy atom. The number of anilines is 1. The summed E-state index contributed by atoms with van der Waals surface area (Å²) in [4.78, 5) is 41.3. The van der Waals surface area contributed by atoms with E-state index in [9.17, 15) is 19.1 Å². The maximum Gasteiger partial charge on any atom is 0.413 e. The molecule has 1 amide bonds. The standard InChI is InChI=1S/C45H59F2N5O6/c1-3-5-6-7-8-9-10-12-38(54)57-28-58-44(55)52-32-15-16-33(52)26-50(25-32)42-36-18-17-35(37-22-34(53)21-30-14-13-29(4-2)39(30)37)40(47)41(36)48-43(49-42)56-27-45-19-11-20-51(45)24-31(46)23-45/h17-18,21-22,29,31-33,53H,3-16,19-20,23-28H2,1-2H3/t29?,31-,32-,33+,45+/m1/s1. The molecule has 0 radical (unpaired) electrons. The highest BCUT2D eigenvalue weighted by molar-refractivity contribution is 5.94. The van der Waals surface area contributed by atoms with Crippen LogP contribution in [0.2, 0.25) is 0 Å². The minimum absolute atomic E-state index is 0.0298.